The van der Waals surface area contributed by atoms with Crippen LogP contribution in [0, 0.1) is 0 Å². The second kappa shape index (κ2) is 7.39. The van der Waals surface area contributed by atoms with Crippen LogP contribution in [0.4, 0.5) is 0 Å². The smallest absolute Gasteiger partial charge is 0.198 e. The predicted octanol–water partition coefficient (Wildman–Crippen LogP) is 1.54. The van der Waals surface area contributed by atoms with Crippen molar-refractivity contribution in [1.82, 2.24) is 5.16 Å². The van der Waals surface area contributed by atoms with Crippen molar-refractivity contribution < 1.29 is 30.7 Å². The van der Waals surface area contributed by atoms with Crippen LogP contribution in [0.5, 0.6) is 0 Å². The molecule has 1 unspecified atom stereocenters. The number of benzene rings is 1. The van der Waals surface area contributed by atoms with E-state index in [-0.39, 0.29) is 35.2 Å². The fourth-order valence-electron chi connectivity index (χ4n) is 2.65. The van der Waals surface area contributed by atoms with E-state index in [1.807, 2.05) is 0 Å². The Morgan fingerprint density at radius 3 is 2.73 bits per heavy atom. The summed E-state index contributed by atoms with van der Waals surface area (Å²) in [6.07, 6.45) is 4.33. The molecule has 1 aliphatic carbocycles. The Labute approximate surface area is 152 Å². The molecule has 3 rings (SSSR count). The van der Waals surface area contributed by atoms with E-state index in [2.05, 4.69) is 9.34 Å². The highest BCUT2D eigenvalue weighted by molar-refractivity contribution is 7.90. The summed E-state index contributed by atoms with van der Waals surface area (Å²) in [7, 11) is -3.48. The summed E-state index contributed by atoms with van der Waals surface area (Å²) >= 11 is -2.69. The van der Waals surface area contributed by atoms with Crippen LogP contribution in [0.3, 0.4) is 0 Å². The summed E-state index contributed by atoms with van der Waals surface area (Å²) in [6, 6.07) is 4.14. The SMILES string of the molecule is CS(=O)(=O)c1ccc(C(=O)c2cnoc2C2CC2)c(CCOS(=O)[O-])c1. The average molecular weight is 398 g/mol. The standard InChI is InChI=1S/C16H17NO7S2/c1-26(21,22)12-4-5-13(11(8-12)6-7-23-25(19)20)15(18)14-9-17-24-16(14)10-2-3-10/h4-5,8-10H,2-3,6-7H2,1H3,(H,19,20)/p-1. The first-order valence-electron chi connectivity index (χ1n) is 7.82. The van der Waals surface area contributed by atoms with E-state index in [4.69, 9.17) is 4.52 Å². The zero-order chi connectivity index (χ0) is 18.9. The van der Waals surface area contributed by atoms with Gasteiger partial charge < -0.3 is 13.3 Å². The minimum absolute atomic E-state index is 0.0417. The van der Waals surface area contributed by atoms with Crippen LogP contribution in [-0.4, -0.2) is 41.0 Å². The van der Waals surface area contributed by atoms with Crippen LogP contribution in [0.1, 0.15) is 46.0 Å². The molecule has 0 spiro atoms. The molecule has 10 heteroatoms. The summed E-state index contributed by atoms with van der Waals surface area (Å²) in [5.41, 5.74) is 0.989. The maximum absolute atomic E-state index is 12.9. The number of hydrogen-bond acceptors (Lipinski definition) is 8. The van der Waals surface area contributed by atoms with Gasteiger partial charge in [-0.3, -0.25) is 4.79 Å². The van der Waals surface area contributed by atoms with E-state index in [0.717, 1.165) is 19.1 Å². The van der Waals surface area contributed by atoms with Gasteiger partial charge in [0.2, 0.25) is 0 Å². The van der Waals surface area contributed by atoms with Crippen molar-refractivity contribution in [3.05, 3.63) is 46.8 Å². The number of aromatic nitrogens is 1. The third-order valence-corrected chi connectivity index (χ3v) is 5.56. The molecule has 0 radical (unpaired) electrons. The number of rotatable bonds is 8. The Kier molecular flexibility index (Phi) is 5.37. The Morgan fingerprint density at radius 1 is 1.38 bits per heavy atom. The second-order valence-electron chi connectivity index (χ2n) is 6.07. The van der Waals surface area contributed by atoms with Gasteiger partial charge in [-0.1, -0.05) is 5.16 Å². The van der Waals surface area contributed by atoms with E-state index in [1.54, 1.807) is 0 Å². The lowest BCUT2D eigenvalue weighted by Gasteiger charge is -2.11. The lowest BCUT2D eigenvalue weighted by atomic mass is 9.96. The largest absolute Gasteiger partial charge is 0.750 e. The van der Waals surface area contributed by atoms with E-state index in [9.17, 15) is 22.0 Å². The monoisotopic (exact) mass is 398 g/mol. The fraction of sp³-hybridized carbons (Fsp3) is 0.375. The van der Waals surface area contributed by atoms with Crippen LogP contribution >= 0.6 is 0 Å². The Morgan fingerprint density at radius 2 is 2.12 bits per heavy atom. The van der Waals surface area contributed by atoms with Gasteiger partial charge in [-0.25, -0.2) is 12.6 Å². The molecule has 1 aliphatic rings. The molecule has 0 N–H and O–H groups in total. The van der Waals surface area contributed by atoms with Crippen molar-refractivity contribution in [1.29, 1.82) is 0 Å². The van der Waals surface area contributed by atoms with Crippen molar-refractivity contribution in [2.45, 2.75) is 30.1 Å². The molecular formula is C16H16NO7S2-. The van der Waals surface area contributed by atoms with Gasteiger partial charge in [-0.15, -0.1) is 0 Å². The topological polar surface area (TPSA) is 127 Å². The maximum atomic E-state index is 12.9. The van der Waals surface area contributed by atoms with Crippen LogP contribution in [0.2, 0.25) is 0 Å². The number of ketones is 1. The highest BCUT2D eigenvalue weighted by Gasteiger charge is 2.33. The predicted molar refractivity (Wildman–Crippen MR) is 90.0 cm³/mol. The van der Waals surface area contributed by atoms with Crippen molar-refractivity contribution >= 4 is 27.0 Å². The first-order valence-corrected chi connectivity index (χ1v) is 10.7. The summed E-state index contributed by atoms with van der Waals surface area (Å²) in [5, 5.41) is 3.70. The highest BCUT2D eigenvalue weighted by Crippen LogP contribution is 2.42. The molecule has 0 saturated heterocycles. The Hall–Kier alpha value is -1.88. The highest BCUT2D eigenvalue weighted by atomic mass is 32.2. The molecule has 1 aromatic heterocycles. The average Bonchev–Trinajstić information content (AvgIpc) is 3.30. The van der Waals surface area contributed by atoms with Gasteiger partial charge in [0.15, 0.2) is 21.4 Å². The minimum Gasteiger partial charge on any atom is -0.750 e. The first-order chi connectivity index (χ1) is 12.3. The molecule has 8 nitrogen and oxygen atoms in total. The summed E-state index contributed by atoms with van der Waals surface area (Å²) in [4.78, 5) is 13.0. The lowest BCUT2D eigenvalue weighted by Crippen LogP contribution is -2.11. The van der Waals surface area contributed by atoms with Gasteiger partial charge in [0.05, 0.1) is 34.6 Å². The zero-order valence-corrected chi connectivity index (χ0v) is 15.5. The molecule has 2 aromatic rings. The first kappa shape index (κ1) is 18.9. The van der Waals surface area contributed by atoms with E-state index < -0.39 is 21.2 Å². The molecule has 0 amide bonds. The van der Waals surface area contributed by atoms with Crippen molar-refractivity contribution in [3.8, 4) is 0 Å². The van der Waals surface area contributed by atoms with Gasteiger partial charge in [-0.05, 0) is 43.0 Å². The summed E-state index contributed by atoms with van der Waals surface area (Å²) in [5.74, 6) is 0.373. The van der Waals surface area contributed by atoms with Crippen molar-refractivity contribution in [2.75, 3.05) is 12.9 Å². The van der Waals surface area contributed by atoms with E-state index in [1.165, 1.54) is 24.4 Å². The van der Waals surface area contributed by atoms with Crippen LogP contribution in [0.15, 0.2) is 33.8 Å². The van der Waals surface area contributed by atoms with Gasteiger partial charge in [-0.2, -0.15) is 0 Å². The zero-order valence-electron chi connectivity index (χ0n) is 13.8. The van der Waals surface area contributed by atoms with Gasteiger partial charge >= 0.3 is 0 Å². The summed E-state index contributed by atoms with van der Waals surface area (Å²) < 4.78 is 54.3. The molecule has 1 heterocycles. The van der Waals surface area contributed by atoms with Crippen molar-refractivity contribution in [2.24, 2.45) is 0 Å². The van der Waals surface area contributed by atoms with Gasteiger partial charge in [0.1, 0.15) is 0 Å². The molecule has 26 heavy (non-hydrogen) atoms. The molecular weight excluding hydrogens is 382 g/mol. The molecule has 0 bridgehead atoms. The number of nitrogens with zero attached hydrogens (tertiary/aromatic N) is 1. The third-order valence-electron chi connectivity index (χ3n) is 4.09. The number of hydrogen-bond donors (Lipinski definition) is 0. The Balaban J connectivity index is 1.97. The summed E-state index contributed by atoms with van der Waals surface area (Å²) in [6.45, 7) is -0.206. The Bertz CT molecular complexity index is 961. The van der Waals surface area contributed by atoms with Gasteiger partial charge in [0, 0.05) is 17.7 Å². The number of carbonyl (C=O) groups is 1. The molecule has 1 aromatic carbocycles. The van der Waals surface area contributed by atoms with Gasteiger partial charge in [0.25, 0.3) is 0 Å². The number of sulfone groups is 1. The number of carbonyl (C=O) groups excluding carboxylic acids is 1. The lowest BCUT2D eigenvalue weighted by molar-refractivity contribution is 0.103. The molecule has 140 valence electrons. The minimum atomic E-state index is -3.48. The quantitative estimate of drug-likeness (QED) is 0.484. The van der Waals surface area contributed by atoms with E-state index in [0.29, 0.717) is 16.9 Å². The molecule has 1 saturated carbocycles. The molecule has 1 fully saturated rings. The van der Waals surface area contributed by atoms with Crippen molar-refractivity contribution in [3.63, 3.8) is 0 Å². The fourth-order valence-corrected chi connectivity index (χ4v) is 3.54. The van der Waals surface area contributed by atoms with Crippen LogP contribution in [0.25, 0.3) is 0 Å². The van der Waals surface area contributed by atoms with Crippen LogP contribution in [-0.2, 0) is 31.8 Å². The third kappa shape index (κ3) is 4.26. The van der Waals surface area contributed by atoms with Crippen LogP contribution < -0.4 is 0 Å². The molecule has 1 atom stereocenters. The van der Waals surface area contributed by atoms with E-state index >= 15 is 0 Å². The normalized spacial score (nSPS) is 15.8. The molecule has 0 aliphatic heterocycles. The maximum Gasteiger partial charge on any atom is 0.198 e. The second-order valence-corrected chi connectivity index (χ2v) is 8.73.